The number of carboxylic acid groups (broad SMARTS) is 1. The highest BCUT2D eigenvalue weighted by Gasteiger charge is 2.29. The topological polar surface area (TPSA) is 136 Å². The van der Waals surface area contributed by atoms with E-state index in [4.69, 9.17) is 5.73 Å². The molecule has 2 unspecified atom stereocenters. The monoisotopic (exact) mass is 515 g/mol. The zero-order valence-electron chi connectivity index (χ0n) is 21.0. The minimum atomic E-state index is -1.16. The molecule has 2 aromatic carbocycles. The van der Waals surface area contributed by atoms with Gasteiger partial charge in [0.25, 0.3) is 5.91 Å². The second-order valence-electron chi connectivity index (χ2n) is 9.52. The highest BCUT2D eigenvalue weighted by molar-refractivity contribution is 5.93. The lowest BCUT2D eigenvalue weighted by Gasteiger charge is -2.18. The van der Waals surface area contributed by atoms with Crippen LogP contribution in [-0.4, -0.2) is 36.1 Å². The number of hydrogen-bond donors (Lipinski definition) is 3. The number of nitrogens with two attached hydrogens (primary N) is 1. The lowest BCUT2D eigenvalue weighted by atomic mass is 10.0. The van der Waals surface area contributed by atoms with Crippen LogP contribution in [0.4, 0.5) is 4.39 Å². The van der Waals surface area contributed by atoms with Gasteiger partial charge in [-0.3, -0.25) is 18.7 Å². The number of pyridine rings is 1. The lowest BCUT2D eigenvalue weighted by Crippen LogP contribution is -2.31. The van der Waals surface area contributed by atoms with Crippen LogP contribution in [-0.2, 0) is 4.79 Å². The molecule has 1 amide bonds. The molecule has 3 heterocycles. The van der Waals surface area contributed by atoms with Crippen molar-refractivity contribution in [3.05, 3.63) is 99.0 Å². The largest absolute Gasteiger partial charge is 0.481 e. The Kier molecular flexibility index (Phi) is 6.10. The van der Waals surface area contributed by atoms with Gasteiger partial charge in [-0.05, 0) is 67.8 Å². The molecule has 0 aliphatic rings. The summed E-state index contributed by atoms with van der Waals surface area (Å²) in [5.41, 5.74) is 9.77. The van der Waals surface area contributed by atoms with Crippen molar-refractivity contribution in [2.75, 3.05) is 0 Å². The molecule has 9 nitrogen and oxygen atoms in total. The van der Waals surface area contributed by atoms with Gasteiger partial charge in [0.1, 0.15) is 11.5 Å². The molecule has 5 rings (SSSR count). The fraction of sp³-hybridized carbons (Fsp3) is 0.214. The Bertz CT molecular complexity index is 1780. The van der Waals surface area contributed by atoms with Crippen LogP contribution in [0.25, 0.3) is 22.1 Å². The molecule has 0 saturated carbocycles. The van der Waals surface area contributed by atoms with Gasteiger partial charge in [0.2, 0.25) is 0 Å². The molecule has 0 radical (unpaired) electrons. The van der Waals surface area contributed by atoms with Gasteiger partial charge in [-0.2, -0.15) is 0 Å². The first-order chi connectivity index (χ1) is 18.1. The Labute approximate surface area is 216 Å². The first kappa shape index (κ1) is 24.9. The average Bonchev–Trinajstić information content (AvgIpc) is 3.40. The van der Waals surface area contributed by atoms with E-state index in [2.05, 4.69) is 16.0 Å². The number of primary amides is 1. The van der Waals surface area contributed by atoms with Gasteiger partial charge in [-0.25, -0.2) is 14.2 Å². The second-order valence-corrected chi connectivity index (χ2v) is 9.52. The van der Waals surface area contributed by atoms with E-state index in [1.165, 1.54) is 39.5 Å². The van der Waals surface area contributed by atoms with Crippen molar-refractivity contribution in [3.8, 4) is 0 Å². The Morgan fingerprint density at radius 2 is 1.82 bits per heavy atom. The third-order valence-corrected chi connectivity index (χ3v) is 6.93. The minimum absolute atomic E-state index is 0.0670. The molecule has 2 atom stereocenters. The van der Waals surface area contributed by atoms with E-state index < -0.39 is 41.9 Å². The van der Waals surface area contributed by atoms with E-state index in [1.54, 1.807) is 6.07 Å². The van der Waals surface area contributed by atoms with Gasteiger partial charge >= 0.3 is 11.7 Å². The molecule has 4 N–H and O–H groups in total. The Hall–Kier alpha value is -4.73. The lowest BCUT2D eigenvalue weighted by molar-refractivity contribution is -0.137. The molecule has 194 valence electrons. The normalized spacial score (nSPS) is 13.2. The SMILES string of the molecule is Cc1cc(C)c2c(C(C)n3c(=O)n(C(CC(=O)O)c4ccc(F)cc4)c4nc(C(N)=O)ccc43)c[nH]c2c1. The van der Waals surface area contributed by atoms with Crippen molar-refractivity contribution in [2.45, 2.75) is 39.3 Å². The Balaban J connectivity index is 1.80. The maximum atomic E-state index is 14.1. The van der Waals surface area contributed by atoms with Crippen LogP contribution in [0.3, 0.4) is 0 Å². The maximum absolute atomic E-state index is 14.1. The van der Waals surface area contributed by atoms with Gasteiger partial charge in [0, 0.05) is 22.7 Å². The molecule has 5 aromatic rings. The van der Waals surface area contributed by atoms with Crippen molar-refractivity contribution in [1.82, 2.24) is 19.1 Å². The number of aryl methyl sites for hydroxylation is 2. The third-order valence-electron chi connectivity index (χ3n) is 6.93. The zero-order chi connectivity index (χ0) is 27.3. The number of benzene rings is 2. The summed E-state index contributed by atoms with van der Waals surface area (Å²) in [4.78, 5) is 45.6. The number of halogens is 1. The number of aromatic amines is 1. The number of rotatable bonds is 7. The number of nitrogens with one attached hydrogen (secondary N) is 1. The quantitative estimate of drug-likeness (QED) is 0.298. The van der Waals surface area contributed by atoms with E-state index in [9.17, 15) is 23.9 Å². The molecule has 0 saturated heterocycles. The highest BCUT2D eigenvalue weighted by Crippen LogP contribution is 2.33. The smallest absolute Gasteiger partial charge is 0.331 e. The van der Waals surface area contributed by atoms with Crippen LogP contribution in [0, 0.1) is 19.7 Å². The number of aromatic nitrogens is 4. The molecule has 0 bridgehead atoms. The molecular weight excluding hydrogens is 489 g/mol. The number of nitrogens with zero attached hydrogens (tertiary/aromatic N) is 3. The first-order valence-corrected chi connectivity index (χ1v) is 12.1. The van der Waals surface area contributed by atoms with Crippen molar-refractivity contribution < 1.29 is 19.1 Å². The summed E-state index contributed by atoms with van der Waals surface area (Å²) in [7, 11) is 0. The van der Waals surface area contributed by atoms with Crippen LogP contribution in [0.5, 0.6) is 0 Å². The number of aliphatic carboxylic acids is 1. The number of carbonyl (C=O) groups is 2. The summed E-state index contributed by atoms with van der Waals surface area (Å²) in [6.07, 6.45) is 1.39. The summed E-state index contributed by atoms with van der Waals surface area (Å²) >= 11 is 0. The summed E-state index contributed by atoms with van der Waals surface area (Å²) in [6.45, 7) is 5.89. The third kappa shape index (κ3) is 4.13. The summed E-state index contributed by atoms with van der Waals surface area (Å²) < 4.78 is 16.5. The Morgan fingerprint density at radius 3 is 2.47 bits per heavy atom. The molecular formula is C28H26FN5O4. The number of fused-ring (bicyclic) bond motifs is 2. The van der Waals surface area contributed by atoms with E-state index in [1.807, 2.05) is 33.0 Å². The molecule has 0 fully saturated rings. The van der Waals surface area contributed by atoms with Crippen LogP contribution >= 0.6 is 0 Å². The average molecular weight is 516 g/mol. The van der Waals surface area contributed by atoms with E-state index in [0.29, 0.717) is 11.1 Å². The first-order valence-electron chi connectivity index (χ1n) is 12.1. The second kappa shape index (κ2) is 9.29. The van der Waals surface area contributed by atoms with Crippen molar-refractivity contribution in [1.29, 1.82) is 0 Å². The summed E-state index contributed by atoms with van der Waals surface area (Å²) in [5, 5.41) is 10.7. The van der Waals surface area contributed by atoms with Crippen molar-refractivity contribution >= 4 is 33.9 Å². The fourth-order valence-electron chi connectivity index (χ4n) is 5.28. The summed E-state index contributed by atoms with van der Waals surface area (Å²) in [5.74, 6) is -2.44. The minimum Gasteiger partial charge on any atom is -0.481 e. The number of H-pyrrole nitrogens is 1. The van der Waals surface area contributed by atoms with Crippen molar-refractivity contribution in [2.24, 2.45) is 5.73 Å². The predicted octanol–water partition coefficient (Wildman–Crippen LogP) is 4.21. The van der Waals surface area contributed by atoms with Gasteiger partial charge in [0.05, 0.1) is 24.0 Å². The molecule has 38 heavy (non-hydrogen) atoms. The number of imidazole rings is 1. The standard InChI is InChI=1S/C28H26FN5O4/c1-14-10-15(2)25-19(13-31-21(25)11-14)16(3)33-22-9-8-20(26(30)37)32-27(22)34(28(33)38)23(12-24(35)36)17-4-6-18(29)7-5-17/h4-11,13,16,23,31H,12H2,1-3H3,(H2,30,37)(H,35,36). The molecule has 10 heteroatoms. The molecule has 0 aliphatic carbocycles. The Morgan fingerprint density at radius 1 is 1.11 bits per heavy atom. The van der Waals surface area contributed by atoms with E-state index in [0.717, 1.165) is 27.6 Å². The zero-order valence-corrected chi connectivity index (χ0v) is 21.0. The number of carbonyl (C=O) groups excluding carboxylic acids is 1. The van der Waals surface area contributed by atoms with Gasteiger partial charge in [-0.15, -0.1) is 0 Å². The molecule has 3 aromatic heterocycles. The number of carboxylic acids is 1. The van der Waals surface area contributed by atoms with Crippen LogP contribution in [0.2, 0.25) is 0 Å². The van der Waals surface area contributed by atoms with Gasteiger partial charge in [0.15, 0.2) is 5.65 Å². The van der Waals surface area contributed by atoms with Crippen molar-refractivity contribution in [3.63, 3.8) is 0 Å². The maximum Gasteiger partial charge on any atom is 0.331 e. The van der Waals surface area contributed by atoms with Crippen LogP contribution in [0.1, 0.15) is 58.2 Å². The molecule has 0 aliphatic heterocycles. The summed E-state index contributed by atoms with van der Waals surface area (Å²) in [6, 6.07) is 10.9. The number of amides is 1. The predicted molar refractivity (Wildman–Crippen MR) is 141 cm³/mol. The fourth-order valence-corrected chi connectivity index (χ4v) is 5.28. The molecule has 0 spiro atoms. The van der Waals surface area contributed by atoms with Gasteiger partial charge in [-0.1, -0.05) is 18.2 Å². The van der Waals surface area contributed by atoms with Crippen LogP contribution in [0.15, 0.2) is 59.5 Å². The number of hydrogen-bond acceptors (Lipinski definition) is 4. The van der Waals surface area contributed by atoms with Gasteiger partial charge < -0.3 is 15.8 Å². The van der Waals surface area contributed by atoms with E-state index in [-0.39, 0.29) is 11.3 Å². The van der Waals surface area contributed by atoms with E-state index >= 15 is 0 Å². The highest BCUT2D eigenvalue weighted by atomic mass is 19.1. The van der Waals surface area contributed by atoms with Crippen LogP contribution < -0.4 is 11.4 Å².